The molecule has 7 unspecified atom stereocenters. The van der Waals surface area contributed by atoms with Crippen molar-refractivity contribution >= 4 is 5.91 Å². The average molecular weight is 940 g/mol. The lowest BCUT2D eigenvalue weighted by Crippen LogP contribution is -2.60. The Morgan fingerprint density at radius 2 is 0.940 bits per heavy atom. The molecule has 0 aromatic heterocycles. The van der Waals surface area contributed by atoms with E-state index in [4.69, 9.17) is 9.47 Å². The molecule has 9 nitrogen and oxygen atoms in total. The predicted molar refractivity (Wildman–Crippen MR) is 281 cm³/mol. The van der Waals surface area contributed by atoms with Gasteiger partial charge in [0, 0.05) is 6.42 Å². The second kappa shape index (κ2) is 47.1. The highest BCUT2D eigenvalue weighted by molar-refractivity contribution is 5.76. The van der Waals surface area contributed by atoms with Crippen LogP contribution in [0.15, 0.2) is 85.1 Å². The summed E-state index contributed by atoms with van der Waals surface area (Å²) in [7, 11) is 0. The first kappa shape index (κ1) is 62.4. The van der Waals surface area contributed by atoms with Crippen LogP contribution >= 0.6 is 0 Å². The normalized spacial score (nSPS) is 20.4. The Kier molecular flexibility index (Phi) is 43.8. The number of rotatable bonds is 45. The summed E-state index contributed by atoms with van der Waals surface area (Å²) in [6.45, 7) is 3.63. The first-order chi connectivity index (χ1) is 32.8. The van der Waals surface area contributed by atoms with Gasteiger partial charge in [0.1, 0.15) is 24.4 Å². The van der Waals surface area contributed by atoms with Crippen molar-refractivity contribution in [1.29, 1.82) is 0 Å². The van der Waals surface area contributed by atoms with E-state index in [2.05, 4.69) is 92.1 Å². The standard InChI is InChI=1S/C58H101NO8/c1-3-5-7-9-11-13-15-17-19-21-22-23-24-25-26-27-28-29-30-32-33-35-37-39-41-43-45-47-52(61)51(50-66-58-57(65)56(64)55(63)53(49-60)67-58)59-54(62)48-46-44-42-40-38-36-34-31-20-18-16-14-12-10-8-6-4-2/h6,8,12,14,18,20,30,32,34,36-37,39,45,47,51-53,55-58,60-61,63-65H,3-5,7,9-11,13,15-17,19,21-29,31,33,35,38,40-44,46,48-50H2,1-2H3,(H,59,62)/b8-6-,14-12-,20-18-,32-30+,36-34-,39-37+,47-45+. The molecule has 1 saturated heterocycles. The lowest BCUT2D eigenvalue weighted by atomic mass is 9.99. The molecule has 1 heterocycles. The second-order valence-corrected chi connectivity index (χ2v) is 18.6. The first-order valence-electron chi connectivity index (χ1n) is 27.3. The Morgan fingerprint density at radius 1 is 0.522 bits per heavy atom. The molecule has 7 atom stereocenters. The molecule has 9 heteroatoms. The van der Waals surface area contributed by atoms with Crippen LogP contribution in [-0.4, -0.2) is 87.5 Å². The highest BCUT2D eigenvalue weighted by atomic mass is 16.7. The smallest absolute Gasteiger partial charge is 0.220 e. The molecule has 0 radical (unpaired) electrons. The number of carbonyl (C=O) groups excluding carboxylic acids is 1. The van der Waals surface area contributed by atoms with Crippen molar-refractivity contribution in [3.63, 3.8) is 0 Å². The van der Waals surface area contributed by atoms with Gasteiger partial charge >= 0.3 is 0 Å². The SMILES string of the molecule is CC/C=C\C/C=C\C/C=C\C/C=C\CCCCCCC(=O)NC(COC1OC(CO)C(O)C(O)C1O)C(O)/C=C/CC/C=C/CC/C=C/CCCCCCCCCCCCCCCCCCC. The number of carbonyl (C=O) groups is 1. The quantitative estimate of drug-likeness (QED) is 0.0261. The monoisotopic (exact) mass is 940 g/mol. The predicted octanol–water partition coefficient (Wildman–Crippen LogP) is 13.1. The van der Waals surface area contributed by atoms with Gasteiger partial charge in [0.05, 0.1) is 25.4 Å². The second-order valence-electron chi connectivity index (χ2n) is 18.6. The van der Waals surface area contributed by atoms with Gasteiger partial charge in [0.15, 0.2) is 6.29 Å². The van der Waals surface area contributed by atoms with Gasteiger partial charge in [0.25, 0.3) is 0 Å². The summed E-state index contributed by atoms with van der Waals surface area (Å²) >= 11 is 0. The Labute approximate surface area is 410 Å². The molecule has 67 heavy (non-hydrogen) atoms. The van der Waals surface area contributed by atoms with Crippen molar-refractivity contribution in [2.75, 3.05) is 13.2 Å². The number of ether oxygens (including phenoxy) is 2. The number of hydrogen-bond acceptors (Lipinski definition) is 8. The molecule has 1 amide bonds. The highest BCUT2D eigenvalue weighted by Gasteiger charge is 2.44. The van der Waals surface area contributed by atoms with E-state index in [1.807, 2.05) is 6.08 Å². The third kappa shape index (κ3) is 36.9. The van der Waals surface area contributed by atoms with Crippen molar-refractivity contribution < 1.29 is 39.8 Å². The molecule has 0 aromatic rings. The van der Waals surface area contributed by atoms with Gasteiger partial charge in [0.2, 0.25) is 5.91 Å². The van der Waals surface area contributed by atoms with Gasteiger partial charge in [-0.3, -0.25) is 4.79 Å². The zero-order valence-corrected chi connectivity index (χ0v) is 42.6. The summed E-state index contributed by atoms with van der Waals surface area (Å²) < 4.78 is 11.2. The Morgan fingerprint density at radius 3 is 1.43 bits per heavy atom. The largest absolute Gasteiger partial charge is 0.394 e. The Bertz CT molecular complexity index is 1320. The summed E-state index contributed by atoms with van der Waals surface area (Å²) in [5, 5.41) is 54.4. The van der Waals surface area contributed by atoms with Crippen LogP contribution in [0.25, 0.3) is 0 Å². The summed E-state index contributed by atoms with van der Waals surface area (Å²) in [6, 6.07) is -0.847. The fourth-order valence-electron chi connectivity index (χ4n) is 8.12. The minimum atomic E-state index is -1.58. The summed E-state index contributed by atoms with van der Waals surface area (Å²) in [6.07, 6.45) is 59.4. The van der Waals surface area contributed by atoms with E-state index in [1.165, 1.54) is 109 Å². The van der Waals surface area contributed by atoms with Gasteiger partial charge in [-0.2, -0.15) is 0 Å². The molecule has 0 saturated carbocycles. The zero-order chi connectivity index (χ0) is 48.7. The maximum Gasteiger partial charge on any atom is 0.220 e. The number of nitrogens with one attached hydrogen (secondary N) is 1. The van der Waals surface area contributed by atoms with E-state index >= 15 is 0 Å². The first-order valence-corrected chi connectivity index (χ1v) is 27.3. The molecule has 1 aliphatic heterocycles. The maximum absolute atomic E-state index is 13.0. The average Bonchev–Trinajstić information content (AvgIpc) is 3.33. The van der Waals surface area contributed by atoms with E-state index < -0.39 is 49.5 Å². The van der Waals surface area contributed by atoms with Crippen LogP contribution in [-0.2, 0) is 14.3 Å². The molecular weight excluding hydrogens is 839 g/mol. The van der Waals surface area contributed by atoms with E-state index in [9.17, 15) is 30.3 Å². The molecule has 6 N–H and O–H groups in total. The Hall–Kier alpha value is -2.63. The van der Waals surface area contributed by atoms with Crippen LogP contribution in [0.2, 0.25) is 0 Å². The minimum absolute atomic E-state index is 0.217. The molecule has 1 fully saturated rings. The number of unbranched alkanes of at least 4 members (excludes halogenated alkanes) is 23. The summed E-state index contributed by atoms with van der Waals surface area (Å²) in [4.78, 5) is 13.0. The number of aliphatic hydroxyl groups excluding tert-OH is 5. The van der Waals surface area contributed by atoms with Crippen molar-refractivity contribution in [3.8, 4) is 0 Å². The lowest BCUT2D eigenvalue weighted by Gasteiger charge is -2.40. The molecule has 0 aliphatic carbocycles. The van der Waals surface area contributed by atoms with E-state index in [1.54, 1.807) is 6.08 Å². The van der Waals surface area contributed by atoms with Crippen LogP contribution in [0.5, 0.6) is 0 Å². The number of aliphatic hydroxyl groups is 5. The topological polar surface area (TPSA) is 149 Å². The molecule has 1 aliphatic rings. The van der Waals surface area contributed by atoms with Crippen LogP contribution in [0.3, 0.4) is 0 Å². The van der Waals surface area contributed by atoms with Gasteiger partial charge in [-0.1, -0.05) is 214 Å². The van der Waals surface area contributed by atoms with Crippen molar-refractivity contribution in [1.82, 2.24) is 5.32 Å². The van der Waals surface area contributed by atoms with Crippen molar-refractivity contribution in [2.24, 2.45) is 0 Å². The molecular formula is C58H101NO8. The van der Waals surface area contributed by atoms with Crippen LogP contribution in [0, 0.1) is 0 Å². The minimum Gasteiger partial charge on any atom is -0.394 e. The van der Waals surface area contributed by atoms with Gasteiger partial charge < -0.3 is 40.3 Å². The van der Waals surface area contributed by atoms with Crippen molar-refractivity contribution in [3.05, 3.63) is 85.1 Å². The van der Waals surface area contributed by atoms with E-state index in [0.717, 1.165) is 83.5 Å². The van der Waals surface area contributed by atoms with Gasteiger partial charge in [-0.15, -0.1) is 0 Å². The fourth-order valence-corrected chi connectivity index (χ4v) is 8.12. The van der Waals surface area contributed by atoms with E-state index in [0.29, 0.717) is 12.8 Å². The lowest BCUT2D eigenvalue weighted by molar-refractivity contribution is -0.302. The van der Waals surface area contributed by atoms with Crippen LogP contribution in [0.4, 0.5) is 0 Å². The Balaban J connectivity index is 2.30. The summed E-state index contributed by atoms with van der Waals surface area (Å²) in [5.74, 6) is -0.217. The number of amides is 1. The van der Waals surface area contributed by atoms with Crippen molar-refractivity contribution in [2.45, 2.75) is 262 Å². The summed E-state index contributed by atoms with van der Waals surface area (Å²) in [5.41, 5.74) is 0. The molecule has 0 aromatic carbocycles. The zero-order valence-electron chi connectivity index (χ0n) is 42.6. The highest BCUT2D eigenvalue weighted by Crippen LogP contribution is 2.23. The maximum atomic E-state index is 13.0. The number of allylic oxidation sites excluding steroid dienone is 13. The van der Waals surface area contributed by atoms with Crippen LogP contribution in [0.1, 0.15) is 219 Å². The molecule has 0 spiro atoms. The fraction of sp³-hybridized carbons (Fsp3) is 0.741. The molecule has 386 valence electrons. The third-order valence-corrected chi connectivity index (χ3v) is 12.4. The number of hydrogen-bond donors (Lipinski definition) is 6. The molecule has 0 bridgehead atoms. The third-order valence-electron chi connectivity index (χ3n) is 12.4. The molecule has 1 rings (SSSR count). The van der Waals surface area contributed by atoms with Gasteiger partial charge in [-0.05, 0) is 83.5 Å². The van der Waals surface area contributed by atoms with E-state index in [-0.39, 0.29) is 12.5 Å². The van der Waals surface area contributed by atoms with Gasteiger partial charge in [-0.25, -0.2) is 0 Å². The van der Waals surface area contributed by atoms with Crippen LogP contribution < -0.4 is 5.32 Å².